The normalized spacial score (nSPS) is 9.47. The van der Waals surface area contributed by atoms with Crippen molar-refractivity contribution in [2.75, 3.05) is 12.4 Å². The lowest BCUT2D eigenvalue weighted by Crippen LogP contribution is -2.00. The fraction of sp³-hybridized carbons (Fsp3) is 0.111. The van der Waals surface area contributed by atoms with E-state index in [2.05, 4.69) is 15.4 Å². The van der Waals surface area contributed by atoms with Gasteiger partial charge in [-0.1, -0.05) is 0 Å². The van der Waals surface area contributed by atoms with Gasteiger partial charge < -0.3 is 5.32 Å². The van der Waals surface area contributed by atoms with E-state index >= 15 is 0 Å². The molecule has 0 spiro atoms. The fourth-order valence-corrected chi connectivity index (χ4v) is 1.24. The van der Waals surface area contributed by atoms with Gasteiger partial charge in [-0.05, 0) is 18.2 Å². The summed E-state index contributed by atoms with van der Waals surface area (Å²) in [5, 5.41) is 6.86. The van der Waals surface area contributed by atoms with Crippen molar-refractivity contribution in [2.45, 2.75) is 0 Å². The standard InChI is InChI=1S/C9H9FN4.ClH/c1-11-8-4-7(10)2-3-9(8)14-6-12-5-13-14;/h2-6,11H,1H3;1H. The summed E-state index contributed by atoms with van der Waals surface area (Å²) in [6, 6.07) is 4.45. The van der Waals surface area contributed by atoms with Crippen molar-refractivity contribution in [3.05, 3.63) is 36.7 Å². The largest absolute Gasteiger partial charge is 0.386 e. The summed E-state index contributed by atoms with van der Waals surface area (Å²) in [7, 11) is 1.73. The van der Waals surface area contributed by atoms with E-state index in [9.17, 15) is 4.39 Å². The summed E-state index contributed by atoms with van der Waals surface area (Å²) in [4.78, 5) is 3.83. The summed E-state index contributed by atoms with van der Waals surface area (Å²) in [5.74, 6) is -0.279. The zero-order valence-corrected chi connectivity index (χ0v) is 8.83. The first kappa shape index (κ1) is 11.5. The summed E-state index contributed by atoms with van der Waals surface area (Å²) in [6.07, 6.45) is 3.00. The molecule has 1 heterocycles. The third-order valence-corrected chi connectivity index (χ3v) is 1.89. The highest BCUT2D eigenvalue weighted by Crippen LogP contribution is 2.19. The van der Waals surface area contributed by atoms with E-state index < -0.39 is 0 Å². The van der Waals surface area contributed by atoms with Gasteiger partial charge in [0.05, 0.1) is 11.4 Å². The van der Waals surface area contributed by atoms with Crippen molar-refractivity contribution in [1.82, 2.24) is 14.8 Å². The highest BCUT2D eigenvalue weighted by atomic mass is 35.5. The van der Waals surface area contributed by atoms with E-state index in [1.54, 1.807) is 24.1 Å². The lowest BCUT2D eigenvalue weighted by atomic mass is 10.2. The number of halogens is 2. The van der Waals surface area contributed by atoms with Gasteiger partial charge in [0.15, 0.2) is 0 Å². The SMILES string of the molecule is CNc1cc(F)ccc1-n1cncn1.Cl. The molecular weight excluding hydrogens is 219 g/mol. The first-order valence-corrected chi connectivity index (χ1v) is 4.13. The average molecular weight is 229 g/mol. The minimum atomic E-state index is -0.279. The first-order chi connectivity index (χ1) is 6.81. The van der Waals surface area contributed by atoms with E-state index in [0.29, 0.717) is 5.69 Å². The summed E-state index contributed by atoms with van der Waals surface area (Å²) in [6.45, 7) is 0. The molecule has 1 aromatic heterocycles. The Balaban J connectivity index is 0.00000112. The Kier molecular flexibility index (Phi) is 3.62. The second-order valence-electron chi connectivity index (χ2n) is 2.75. The maximum Gasteiger partial charge on any atom is 0.138 e. The Morgan fingerprint density at radius 2 is 2.20 bits per heavy atom. The van der Waals surface area contributed by atoms with Crippen molar-refractivity contribution < 1.29 is 4.39 Å². The monoisotopic (exact) mass is 228 g/mol. The van der Waals surface area contributed by atoms with E-state index in [-0.39, 0.29) is 18.2 Å². The molecule has 0 fully saturated rings. The molecule has 0 unspecified atom stereocenters. The minimum absolute atomic E-state index is 0. The molecule has 6 heteroatoms. The van der Waals surface area contributed by atoms with Crippen LogP contribution in [0.2, 0.25) is 0 Å². The van der Waals surface area contributed by atoms with Crippen molar-refractivity contribution in [3.63, 3.8) is 0 Å². The Bertz CT molecular complexity index is 430. The van der Waals surface area contributed by atoms with Gasteiger partial charge in [0.25, 0.3) is 0 Å². The Labute approximate surface area is 92.5 Å². The summed E-state index contributed by atoms with van der Waals surface area (Å²) >= 11 is 0. The van der Waals surface area contributed by atoms with Crippen molar-refractivity contribution >= 4 is 18.1 Å². The number of anilines is 1. The van der Waals surface area contributed by atoms with Crippen LogP contribution in [-0.4, -0.2) is 21.8 Å². The topological polar surface area (TPSA) is 42.7 Å². The third kappa shape index (κ3) is 2.24. The quantitative estimate of drug-likeness (QED) is 0.854. The molecule has 0 aliphatic carbocycles. The van der Waals surface area contributed by atoms with Crippen LogP contribution >= 0.6 is 12.4 Å². The van der Waals surface area contributed by atoms with Crippen LogP contribution in [0.15, 0.2) is 30.9 Å². The molecule has 0 saturated carbocycles. The number of nitrogens with one attached hydrogen (secondary N) is 1. The molecule has 2 rings (SSSR count). The van der Waals surface area contributed by atoms with Crippen LogP contribution in [0.3, 0.4) is 0 Å². The van der Waals surface area contributed by atoms with E-state index in [1.165, 1.54) is 18.5 Å². The maximum atomic E-state index is 12.9. The lowest BCUT2D eigenvalue weighted by Gasteiger charge is -2.07. The first-order valence-electron chi connectivity index (χ1n) is 4.13. The predicted molar refractivity (Wildman–Crippen MR) is 58.1 cm³/mol. The minimum Gasteiger partial charge on any atom is -0.386 e. The van der Waals surface area contributed by atoms with E-state index in [4.69, 9.17) is 0 Å². The van der Waals surface area contributed by atoms with Gasteiger partial charge in [-0.25, -0.2) is 14.1 Å². The van der Waals surface area contributed by atoms with Gasteiger partial charge >= 0.3 is 0 Å². The smallest absolute Gasteiger partial charge is 0.138 e. The zero-order chi connectivity index (χ0) is 9.97. The van der Waals surface area contributed by atoms with Gasteiger partial charge in [0, 0.05) is 7.05 Å². The van der Waals surface area contributed by atoms with Crippen LogP contribution < -0.4 is 5.32 Å². The van der Waals surface area contributed by atoms with Crippen LogP contribution in [-0.2, 0) is 0 Å². The number of hydrogen-bond donors (Lipinski definition) is 1. The molecule has 0 aliphatic heterocycles. The van der Waals surface area contributed by atoms with Gasteiger partial charge in [-0.2, -0.15) is 5.10 Å². The third-order valence-electron chi connectivity index (χ3n) is 1.89. The lowest BCUT2D eigenvalue weighted by molar-refractivity contribution is 0.627. The zero-order valence-electron chi connectivity index (χ0n) is 8.01. The highest BCUT2D eigenvalue weighted by Gasteiger charge is 2.04. The number of rotatable bonds is 2. The van der Waals surface area contributed by atoms with E-state index in [1.807, 2.05) is 0 Å². The van der Waals surface area contributed by atoms with Gasteiger partial charge in [-0.15, -0.1) is 12.4 Å². The molecule has 0 aliphatic rings. The molecule has 0 radical (unpaired) electrons. The Morgan fingerprint density at radius 1 is 1.40 bits per heavy atom. The molecule has 1 N–H and O–H groups in total. The fourth-order valence-electron chi connectivity index (χ4n) is 1.24. The van der Waals surface area contributed by atoms with Crippen molar-refractivity contribution in [3.8, 4) is 5.69 Å². The van der Waals surface area contributed by atoms with E-state index in [0.717, 1.165) is 5.69 Å². The molecular formula is C9H10ClFN4. The molecule has 1 aromatic carbocycles. The van der Waals surface area contributed by atoms with Crippen LogP contribution in [0.4, 0.5) is 10.1 Å². The average Bonchev–Trinajstić information content (AvgIpc) is 2.70. The van der Waals surface area contributed by atoms with Gasteiger partial charge in [0.1, 0.15) is 18.5 Å². The maximum absolute atomic E-state index is 12.9. The molecule has 0 saturated heterocycles. The molecule has 0 bridgehead atoms. The molecule has 4 nitrogen and oxygen atoms in total. The van der Waals surface area contributed by atoms with Crippen LogP contribution in [0.1, 0.15) is 0 Å². The van der Waals surface area contributed by atoms with Crippen LogP contribution in [0.25, 0.3) is 5.69 Å². The second kappa shape index (κ2) is 4.75. The Hall–Kier alpha value is -1.62. The number of nitrogens with zero attached hydrogens (tertiary/aromatic N) is 3. The second-order valence-corrected chi connectivity index (χ2v) is 2.75. The number of benzene rings is 1. The van der Waals surface area contributed by atoms with Gasteiger partial charge in [0.2, 0.25) is 0 Å². The molecule has 0 atom stereocenters. The number of aromatic nitrogens is 3. The highest BCUT2D eigenvalue weighted by molar-refractivity contribution is 5.85. The molecule has 0 amide bonds. The predicted octanol–water partition coefficient (Wildman–Crippen LogP) is 1.87. The van der Waals surface area contributed by atoms with Crippen molar-refractivity contribution in [2.24, 2.45) is 0 Å². The van der Waals surface area contributed by atoms with Gasteiger partial charge in [-0.3, -0.25) is 0 Å². The molecule has 80 valence electrons. The molecule has 2 aromatic rings. The van der Waals surface area contributed by atoms with Crippen LogP contribution in [0, 0.1) is 5.82 Å². The summed E-state index contributed by atoms with van der Waals surface area (Å²) in [5.41, 5.74) is 1.45. The number of hydrogen-bond acceptors (Lipinski definition) is 3. The van der Waals surface area contributed by atoms with Crippen molar-refractivity contribution in [1.29, 1.82) is 0 Å². The summed E-state index contributed by atoms with van der Waals surface area (Å²) < 4.78 is 14.5. The van der Waals surface area contributed by atoms with Crippen LogP contribution in [0.5, 0.6) is 0 Å². The molecule has 15 heavy (non-hydrogen) atoms. The Morgan fingerprint density at radius 3 is 2.80 bits per heavy atom.